The number of nitrogens with one attached hydrogen (secondary N) is 1. The Bertz CT molecular complexity index is 1220. The second kappa shape index (κ2) is 8.81. The second-order valence-corrected chi connectivity index (χ2v) is 9.83. The highest BCUT2D eigenvalue weighted by molar-refractivity contribution is 7.90. The first kappa shape index (κ1) is 23.0. The van der Waals surface area contributed by atoms with E-state index in [0.717, 1.165) is 5.56 Å². The molecule has 166 valence electrons. The molecule has 2 aromatic heterocycles. The third-order valence-electron chi connectivity index (χ3n) is 4.86. The molecule has 11 heteroatoms. The molecule has 9 nitrogen and oxygen atoms in total. The van der Waals surface area contributed by atoms with Crippen molar-refractivity contribution in [3.63, 3.8) is 0 Å². The van der Waals surface area contributed by atoms with Crippen LogP contribution in [0.4, 0.5) is 5.95 Å². The highest BCUT2D eigenvalue weighted by atomic mass is 35.5. The molecule has 1 aromatic carbocycles. The molecule has 0 aliphatic heterocycles. The fourth-order valence-electron chi connectivity index (χ4n) is 3.07. The predicted octanol–water partition coefficient (Wildman–Crippen LogP) is 3.08. The third kappa shape index (κ3) is 4.51. The van der Waals surface area contributed by atoms with Crippen molar-refractivity contribution in [3.8, 4) is 22.8 Å². The molecule has 0 aliphatic rings. The molecular formula is C20H24ClN5O4S. The lowest BCUT2D eigenvalue weighted by Crippen LogP contribution is -2.30. The van der Waals surface area contributed by atoms with E-state index in [2.05, 4.69) is 19.7 Å². The van der Waals surface area contributed by atoms with Gasteiger partial charge in [0.05, 0.1) is 47.9 Å². The topological polar surface area (TPSA) is 129 Å². The number of nitrogens with two attached hydrogens (primary N) is 1. The number of rotatable bonds is 7. The lowest BCUT2D eigenvalue weighted by molar-refractivity contribution is 0.393. The van der Waals surface area contributed by atoms with Crippen molar-refractivity contribution in [2.45, 2.75) is 32.6 Å². The first-order valence-corrected chi connectivity index (χ1v) is 11.3. The molecule has 0 saturated heterocycles. The quantitative estimate of drug-likeness (QED) is 0.544. The minimum atomic E-state index is -3.52. The van der Waals surface area contributed by atoms with Crippen molar-refractivity contribution in [2.75, 3.05) is 20.0 Å². The Hall–Kier alpha value is -2.69. The molecule has 0 atom stereocenters. The summed E-state index contributed by atoms with van der Waals surface area (Å²) in [4.78, 5) is 13.0. The van der Waals surface area contributed by atoms with Gasteiger partial charge in [0.15, 0.2) is 0 Å². The van der Waals surface area contributed by atoms with E-state index >= 15 is 0 Å². The van der Waals surface area contributed by atoms with Gasteiger partial charge in [-0.15, -0.1) is 0 Å². The maximum absolute atomic E-state index is 12.3. The van der Waals surface area contributed by atoms with Crippen LogP contribution in [-0.2, 0) is 16.6 Å². The number of ether oxygens (including phenoxy) is 2. The number of benzene rings is 1. The number of hydrogen-bond donors (Lipinski definition) is 2. The summed E-state index contributed by atoms with van der Waals surface area (Å²) in [6.07, 6.45) is 1.56. The van der Waals surface area contributed by atoms with Crippen LogP contribution in [0.25, 0.3) is 22.2 Å². The zero-order valence-corrected chi connectivity index (χ0v) is 19.4. The van der Waals surface area contributed by atoms with Gasteiger partial charge in [-0.1, -0.05) is 11.6 Å². The Morgan fingerprint density at radius 1 is 1.16 bits per heavy atom. The molecule has 31 heavy (non-hydrogen) atoms. The van der Waals surface area contributed by atoms with Gasteiger partial charge in [-0.2, -0.15) is 0 Å². The van der Waals surface area contributed by atoms with Crippen molar-refractivity contribution < 1.29 is 17.9 Å². The second-order valence-electron chi connectivity index (χ2n) is 7.13. The summed E-state index contributed by atoms with van der Waals surface area (Å²) in [6, 6.07) is 3.46. The van der Waals surface area contributed by atoms with Gasteiger partial charge in [0.1, 0.15) is 11.5 Å². The van der Waals surface area contributed by atoms with Crippen LogP contribution in [0.15, 0.2) is 18.3 Å². The predicted molar refractivity (Wildman–Crippen MR) is 121 cm³/mol. The van der Waals surface area contributed by atoms with Crippen LogP contribution >= 0.6 is 11.6 Å². The molecule has 0 unspecified atom stereocenters. The van der Waals surface area contributed by atoms with Crippen LogP contribution in [0.5, 0.6) is 11.5 Å². The van der Waals surface area contributed by atoms with E-state index in [0.29, 0.717) is 44.4 Å². The van der Waals surface area contributed by atoms with E-state index in [1.54, 1.807) is 39.3 Å². The zero-order chi connectivity index (χ0) is 22.9. The summed E-state index contributed by atoms with van der Waals surface area (Å²) in [6.45, 7) is 4.97. The number of sulfonamides is 1. The highest BCUT2D eigenvalue weighted by Crippen LogP contribution is 2.42. The van der Waals surface area contributed by atoms with Crippen LogP contribution < -0.4 is 19.9 Å². The van der Waals surface area contributed by atoms with Crippen molar-refractivity contribution in [1.82, 2.24) is 19.7 Å². The van der Waals surface area contributed by atoms with E-state index in [9.17, 15) is 8.42 Å². The van der Waals surface area contributed by atoms with Crippen LogP contribution in [0.2, 0.25) is 5.02 Å². The number of halogens is 1. The molecule has 0 fully saturated rings. The molecule has 0 bridgehead atoms. The summed E-state index contributed by atoms with van der Waals surface area (Å²) in [7, 11) is -0.459. The van der Waals surface area contributed by atoms with Gasteiger partial charge >= 0.3 is 0 Å². The number of pyridine rings is 1. The molecule has 2 heterocycles. The van der Waals surface area contributed by atoms with Gasteiger partial charge < -0.3 is 15.2 Å². The first-order chi connectivity index (χ1) is 14.6. The summed E-state index contributed by atoms with van der Waals surface area (Å²) >= 11 is 6.61. The van der Waals surface area contributed by atoms with E-state index in [1.165, 1.54) is 7.11 Å². The highest BCUT2D eigenvalue weighted by Gasteiger charge is 2.21. The number of methoxy groups -OCH3 is 2. The Kier molecular flexibility index (Phi) is 6.54. The van der Waals surface area contributed by atoms with Gasteiger partial charge in [-0.3, -0.25) is 0 Å². The molecule has 0 radical (unpaired) electrons. The normalized spacial score (nSPS) is 11.8. The fourth-order valence-corrected chi connectivity index (χ4v) is 4.11. The maximum Gasteiger partial charge on any atom is 0.220 e. The first-order valence-electron chi connectivity index (χ1n) is 9.41. The lowest BCUT2D eigenvalue weighted by atomic mass is 10.0. The molecule has 0 aliphatic carbocycles. The number of fused-ring (bicyclic) bond motifs is 1. The van der Waals surface area contributed by atoms with Crippen LogP contribution in [0.3, 0.4) is 0 Å². The third-order valence-corrected chi connectivity index (χ3v) is 7.02. The molecule has 0 spiro atoms. The van der Waals surface area contributed by atoms with E-state index in [-0.39, 0.29) is 12.5 Å². The summed E-state index contributed by atoms with van der Waals surface area (Å²) in [5, 5.41) is 0.397. The minimum absolute atomic E-state index is 0.0623. The van der Waals surface area contributed by atoms with Gasteiger partial charge in [-0.05, 0) is 26.8 Å². The van der Waals surface area contributed by atoms with Crippen molar-refractivity contribution >= 4 is 38.5 Å². The number of nitrogen functional groups attached to an aromatic ring is 1. The molecule has 3 N–H and O–H groups in total. The SMILES string of the molecule is COc1cc(OC)c(Cl)c(-c2cc3cnc(N)nc3c(CNS(=O)(=O)C(C)C)n2)c1C. The average Bonchev–Trinajstić information content (AvgIpc) is 2.72. The maximum atomic E-state index is 12.3. The average molecular weight is 466 g/mol. The van der Waals surface area contributed by atoms with Crippen LogP contribution in [0.1, 0.15) is 25.1 Å². The number of hydrogen-bond acceptors (Lipinski definition) is 8. The Morgan fingerprint density at radius 3 is 2.45 bits per heavy atom. The monoisotopic (exact) mass is 465 g/mol. The fraction of sp³-hybridized carbons (Fsp3) is 0.350. The van der Waals surface area contributed by atoms with Crippen molar-refractivity contribution in [3.05, 3.63) is 34.6 Å². The Morgan fingerprint density at radius 2 is 1.84 bits per heavy atom. The molecule has 0 saturated carbocycles. The van der Waals surface area contributed by atoms with Crippen molar-refractivity contribution in [2.24, 2.45) is 0 Å². The molecule has 0 amide bonds. The minimum Gasteiger partial charge on any atom is -0.496 e. The summed E-state index contributed by atoms with van der Waals surface area (Å²) in [5.74, 6) is 1.07. The largest absolute Gasteiger partial charge is 0.496 e. The van der Waals surface area contributed by atoms with Gasteiger partial charge in [0.2, 0.25) is 16.0 Å². The molecular weight excluding hydrogens is 442 g/mol. The van der Waals surface area contributed by atoms with E-state index in [4.69, 9.17) is 26.8 Å². The van der Waals surface area contributed by atoms with Crippen molar-refractivity contribution in [1.29, 1.82) is 0 Å². The number of anilines is 1. The van der Waals surface area contributed by atoms with Gasteiger partial charge in [-0.25, -0.2) is 28.1 Å². The van der Waals surface area contributed by atoms with Crippen LogP contribution in [0, 0.1) is 6.92 Å². The summed E-state index contributed by atoms with van der Waals surface area (Å²) < 4.78 is 38.0. The molecule has 3 aromatic rings. The van der Waals surface area contributed by atoms with E-state index < -0.39 is 15.3 Å². The summed E-state index contributed by atoms with van der Waals surface area (Å²) in [5.41, 5.74) is 8.45. The smallest absolute Gasteiger partial charge is 0.220 e. The Labute approximate surface area is 186 Å². The standard InChI is InChI=1S/C20H24ClN5O4S/c1-10(2)31(27,28)24-9-14-19-12(8-23-20(22)26-19)6-13(25-14)17-11(3)15(29-4)7-16(30-5)18(17)21/h6-8,10,24H,9H2,1-5H3,(H2,22,23,26). The van der Waals surface area contributed by atoms with Crippen LogP contribution in [-0.4, -0.2) is 42.8 Å². The Balaban J connectivity index is 2.25. The van der Waals surface area contributed by atoms with E-state index in [1.807, 2.05) is 6.92 Å². The lowest BCUT2D eigenvalue weighted by Gasteiger charge is -2.17. The van der Waals surface area contributed by atoms with Gasteiger partial charge in [0.25, 0.3) is 0 Å². The zero-order valence-electron chi connectivity index (χ0n) is 17.9. The molecule has 3 rings (SSSR count). The number of aromatic nitrogens is 3. The van der Waals surface area contributed by atoms with Gasteiger partial charge in [0, 0.05) is 28.8 Å². The number of nitrogens with zero attached hydrogens (tertiary/aromatic N) is 3.